The first-order valence-corrected chi connectivity index (χ1v) is 10.8. The second-order valence-corrected chi connectivity index (χ2v) is 8.10. The van der Waals surface area contributed by atoms with Crippen molar-refractivity contribution in [3.63, 3.8) is 0 Å². The van der Waals surface area contributed by atoms with Gasteiger partial charge in [-0.15, -0.1) is 0 Å². The third-order valence-corrected chi connectivity index (χ3v) is 5.88. The van der Waals surface area contributed by atoms with Crippen molar-refractivity contribution in [1.29, 1.82) is 0 Å². The van der Waals surface area contributed by atoms with Gasteiger partial charge in [-0.2, -0.15) is 0 Å². The van der Waals surface area contributed by atoms with Crippen LogP contribution < -0.4 is 20.7 Å². The summed E-state index contributed by atoms with van der Waals surface area (Å²) in [6.07, 6.45) is 6.76. The molecule has 0 aromatic heterocycles. The fraction of sp³-hybridized carbons (Fsp3) is 0.591. The van der Waals surface area contributed by atoms with Crippen LogP contribution in [0.2, 0.25) is 0 Å². The molecule has 164 valence electrons. The van der Waals surface area contributed by atoms with E-state index in [1.807, 2.05) is 23.1 Å². The van der Waals surface area contributed by atoms with Crippen LogP contribution in [0.4, 0.5) is 10.5 Å². The number of methoxy groups -OCH3 is 1. The molecule has 0 spiro atoms. The van der Waals surface area contributed by atoms with Crippen LogP contribution in [0.1, 0.15) is 44.9 Å². The maximum absolute atomic E-state index is 12.6. The largest absolute Gasteiger partial charge is 0.495 e. The van der Waals surface area contributed by atoms with Crippen LogP contribution in [0.25, 0.3) is 0 Å². The summed E-state index contributed by atoms with van der Waals surface area (Å²) < 4.78 is 5.27. The minimum Gasteiger partial charge on any atom is -0.495 e. The lowest BCUT2D eigenvalue weighted by molar-refractivity contribution is -0.122. The number of amides is 4. The van der Waals surface area contributed by atoms with E-state index >= 15 is 0 Å². The summed E-state index contributed by atoms with van der Waals surface area (Å²) in [4.78, 5) is 38.8. The second-order valence-electron chi connectivity index (χ2n) is 8.10. The number of hydrogen-bond acceptors (Lipinski definition) is 5. The van der Waals surface area contributed by atoms with Gasteiger partial charge in [-0.1, -0.05) is 31.4 Å². The number of piperidine rings is 1. The molecule has 3 rings (SSSR count). The second kappa shape index (κ2) is 11.0. The number of benzene rings is 1. The summed E-state index contributed by atoms with van der Waals surface area (Å²) in [6.45, 7) is 1.45. The normalized spacial score (nSPS) is 18.4. The van der Waals surface area contributed by atoms with Gasteiger partial charge in [0.15, 0.2) is 0 Å². The van der Waals surface area contributed by atoms with Gasteiger partial charge in [0.25, 0.3) is 0 Å². The van der Waals surface area contributed by atoms with E-state index in [1.165, 1.54) is 6.42 Å². The SMILES string of the molecule is COc1ccccc1NC(=O)C1CCN(CC(=O)NC(=O)NC2CCCCC2)CC1. The Morgan fingerprint density at radius 3 is 2.43 bits per heavy atom. The maximum Gasteiger partial charge on any atom is 0.321 e. The molecule has 1 aliphatic carbocycles. The summed E-state index contributed by atoms with van der Waals surface area (Å²) in [6, 6.07) is 7.09. The van der Waals surface area contributed by atoms with Gasteiger partial charge in [-0.25, -0.2) is 4.79 Å². The molecule has 1 aromatic rings. The first kappa shape index (κ1) is 22.1. The first-order chi connectivity index (χ1) is 14.5. The van der Waals surface area contributed by atoms with Crippen LogP contribution in [-0.4, -0.2) is 55.5 Å². The highest BCUT2D eigenvalue weighted by Crippen LogP contribution is 2.25. The Balaban J connectivity index is 1.37. The molecule has 1 aliphatic heterocycles. The van der Waals surface area contributed by atoms with Crippen molar-refractivity contribution in [2.24, 2.45) is 5.92 Å². The topological polar surface area (TPSA) is 99.8 Å². The number of nitrogens with zero attached hydrogens (tertiary/aromatic N) is 1. The smallest absolute Gasteiger partial charge is 0.321 e. The number of para-hydroxylation sites is 2. The number of rotatable bonds is 6. The number of carbonyl (C=O) groups excluding carboxylic acids is 3. The number of nitrogens with one attached hydrogen (secondary N) is 3. The summed E-state index contributed by atoms with van der Waals surface area (Å²) in [7, 11) is 1.57. The minimum absolute atomic E-state index is 0.0320. The van der Waals surface area contributed by atoms with E-state index in [2.05, 4.69) is 16.0 Å². The maximum atomic E-state index is 12.6. The molecule has 2 aliphatic rings. The van der Waals surface area contributed by atoms with Crippen LogP contribution in [0.5, 0.6) is 5.75 Å². The molecule has 2 fully saturated rings. The number of likely N-dealkylation sites (tertiary alicyclic amines) is 1. The zero-order valence-corrected chi connectivity index (χ0v) is 17.6. The van der Waals surface area contributed by atoms with E-state index in [9.17, 15) is 14.4 Å². The van der Waals surface area contributed by atoms with Crippen LogP contribution in [0.3, 0.4) is 0 Å². The van der Waals surface area contributed by atoms with Gasteiger partial charge in [-0.3, -0.25) is 19.8 Å². The third-order valence-electron chi connectivity index (χ3n) is 5.88. The molecular formula is C22H32N4O4. The van der Waals surface area contributed by atoms with E-state index in [0.29, 0.717) is 37.4 Å². The summed E-state index contributed by atoms with van der Waals surface area (Å²) in [5.74, 6) is 0.186. The molecular weight excluding hydrogens is 384 g/mol. The molecule has 1 aromatic carbocycles. The van der Waals surface area contributed by atoms with Crippen LogP contribution in [-0.2, 0) is 9.59 Å². The highest BCUT2D eigenvalue weighted by Gasteiger charge is 2.27. The molecule has 1 saturated heterocycles. The Hall–Kier alpha value is -2.61. The average Bonchev–Trinajstić information content (AvgIpc) is 2.75. The number of hydrogen-bond donors (Lipinski definition) is 3. The van der Waals surface area contributed by atoms with Crippen molar-refractivity contribution in [2.75, 3.05) is 32.1 Å². The molecule has 0 unspecified atom stereocenters. The Bertz CT molecular complexity index is 740. The fourth-order valence-electron chi connectivity index (χ4n) is 4.17. The van der Waals surface area contributed by atoms with Gasteiger partial charge < -0.3 is 15.4 Å². The molecule has 0 atom stereocenters. The van der Waals surface area contributed by atoms with Gasteiger partial charge in [0, 0.05) is 12.0 Å². The number of anilines is 1. The fourth-order valence-corrected chi connectivity index (χ4v) is 4.17. The van der Waals surface area contributed by atoms with Crippen molar-refractivity contribution < 1.29 is 19.1 Å². The van der Waals surface area contributed by atoms with Crippen LogP contribution in [0, 0.1) is 5.92 Å². The van der Waals surface area contributed by atoms with Crippen molar-refractivity contribution in [2.45, 2.75) is 51.0 Å². The number of ether oxygens (including phenoxy) is 1. The lowest BCUT2D eigenvalue weighted by Gasteiger charge is -2.30. The molecule has 3 N–H and O–H groups in total. The van der Waals surface area contributed by atoms with Gasteiger partial charge in [-0.05, 0) is 50.9 Å². The summed E-state index contributed by atoms with van der Waals surface area (Å²) >= 11 is 0. The average molecular weight is 417 g/mol. The quantitative estimate of drug-likeness (QED) is 0.662. The lowest BCUT2D eigenvalue weighted by Crippen LogP contribution is -2.49. The zero-order valence-electron chi connectivity index (χ0n) is 17.6. The standard InChI is InChI=1S/C22H32N4O4/c1-30-19-10-6-5-9-18(19)24-21(28)16-11-13-26(14-12-16)15-20(27)25-22(29)23-17-7-3-2-4-8-17/h5-6,9-10,16-17H,2-4,7-8,11-15H2,1H3,(H,24,28)(H2,23,25,27,29). The highest BCUT2D eigenvalue weighted by molar-refractivity contribution is 5.95. The Morgan fingerprint density at radius 1 is 1.03 bits per heavy atom. The van der Waals surface area contributed by atoms with Gasteiger partial charge >= 0.3 is 6.03 Å². The summed E-state index contributed by atoms with van der Waals surface area (Å²) in [5.41, 5.74) is 0.663. The molecule has 0 bridgehead atoms. The molecule has 0 radical (unpaired) electrons. The summed E-state index contributed by atoms with van der Waals surface area (Å²) in [5, 5.41) is 8.26. The van der Waals surface area contributed by atoms with Crippen molar-refractivity contribution in [3.8, 4) is 5.75 Å². The third kappa shape index (κ3) is 6.45. The van der Waals surface area contributed by atoms with E-state index in [4.69, 9.17) is 4.74 Å². The van der Waals surface area contributed by atoms with Crippen molar-refractivity contribution >= 4 is 23.5 Å². The van der Waals surface area contributed by atoms with Crippen molar-refractivity contribution in [3.05, 3.63) is 24.3 Å². The number of carbonyl (C=O) groups is 3. The monoisotopic (exact) mass is 416 g/mol. The molecule has 8 nitrogen and oxygen atoms in total. The zero-order chi connectivity index (χ0) is 21.3. The molecule has 30 heavy (non-hydrogen) atoms. The van der Waals surface area contributed by atoms with Gasteiger partial charge in [0.05, 0.1) is 19.3 Å². The van der Waals surface area contributed by atoms with Crippen LogP contribution in [0.15, 0.2) is 24.3 Å². The number of imide groups is 1. The van der Waals surface area contributed by atoms with E-state index < -0.39 is 6.03 Å². The molecule has 1 heterocycles. The Labute approximate surface area is 177 Å². The molecule has 8 heteroatoms. The minimum atomic E-state index is -0.405. The van der Waals surface area contributed by atoms with Gasteiger partial charge in [0.2, 0.25) is 11.8 Å². The molecule has 4 amide bonds. The Morgan fingerprint density at radius 2 is 1.73 bits per heavy atom. The van der Waals surface area contributed by atoms with Crippen LogP contribution >= 0.6 is 0 Å². The lowest BCUT2D eigenvalue weighted by atomic mass is 9.95. The Kier molecular flexibility index (Phi) is 8.07. The predicted octanol–water partition coefficient (Wildman–Crippen LogP) is 2.50. The predicted molar refractivity (Wildman–Crippen MR) is 114 cm³/mol. The highest BCUT2D eigenvalue weighted by atomic mass is 16.5. The van der Waals surface area contributed by atoms with Gasteiger partial charge in [0.1, 0.15) is 5.75 Å². The van der Waals surface area contributed by atoms with Crippen molar-refractivity contribution in [1.82, 2.24) is 15.5 Å². The first-order valence-electron chi connectivity index (χ1n) is 10.8. The molecule has 1 saturated carbocycles. The number of urea groups is 1. The van der Waals surface area contributed by atoms with E-state index in [1.54, 1.807) is 13.2 Å². The van der Waals surface area contributed by atoms with E-state index in [-0.39, 0.29) is 30.3 Å². The van der Waals surface area contributed by atoms with E-state index in [0.717, 1.165) is 25.7 Å².